The third-order valence-electron chi connectivity index (χ3n) is 3.08. The highest BCUT2D eigenvalue weighted by Gasteiger charge is 2.13. The maximum atomic E-state index is 11.8. The molecule has 22 heavy (non-hydrogen) atoms. The molecule has 0 aliphatic carbocycles. The number of nitrogens with one attached hydrogen (secondary N) is 1. The van der Waals surface area contributed by atoms with Gasteiger partial charge in [0, 0.05) is 45.8 Å². The Labute approximate surface area is 130 Å². The van der Waals surface area contributed by atoms with Crippen molar-refractivity contribution in [2.75, 3.05) is 31.7 Å². The molecule has 0 saturated heterocycles. The molecule has 0 spiro atoms. The fourth-order valence-corrected chi connectivity index (χ4v) is 1.96. The predicted molar refractivity (Wildman–Crippen MR) is 83.3 cm³/mol. The van der Waals surface area contributed by atoms with Gasteiger partial charge >= 0.3 is 0 Å². The van der Waals surface area contributed by atoms with Crippen LogP contribution in [0.25, 0.3) is 0 Å². The molecular weight excluding hydrogens is 282 g/mol. The molecule has 2 amide bonds. The van der Waals surface area contributed by atoms with Gasteiger partial charge in [-0.05, 0) is 24.6 Å². The molecule has 0 radical (unpaired) electrons. The van der Waals surface area contributed by atoms with Gasteiger partial charge in [-0.1, -0.05) is 6.07 Å². The molecule has 0 unspecified atom stereocenters. The molecule has 6 nitrogen and oxygen atoms in total. The SMILES string of the molecule is COCCCNC(=O)CCN(C(C)=O)c1cccc(C#N)c1. The number of rotatable bonds is 8. The molecule has 1 N–H and O–H groups in total. The highest BCUT2D eigenvalue weighted by atomic mass is 16.5. The molecule has 118 valence electrons. The number of hydrogen-bond acceptors (Lipinski definition) is 4. The molecule has 0 aliphatic heterocycles. The van der Waals surface area contributed by atoms with Crippen LogP contribution in [0.3, 0.4) is 0 Å². The summed E-state index contributed by atoms with van der Waals surface area (Å²) in [6.45, 7) is 2.87. The molecule has 0 heterocycles. The van der Waals surface area contributed by atoms with Crippen molar-refractivity contribution < 1.29 is 14.3 Å². The summed E-state index contributed by atoms with van der Waals surface area (Å²) >= 11 is 0. The van der Waals surface area contributed by atoms with Crippen molar-refractivity contribution in [3.05, 3.63) is 29.8 Å². The molecule has 0 aromatic heterocycles. The normalized spacial score (nSPS) is 9.86. The number of nitriles is 1. The van der Waals surface area contributed by atoms with Crippen molar-refractivity contribution in [1.29, 1.82) is 5.26 Å². The summed E-state index contributed by atoms with van der Waals surface area (Å²) in [4.78, 5) is 25.0. The number of benzene rings is 1. The Morgan fingerprint density at radius 2 is 2.18 bits per heavy atom. The zero-order valence-corrected chi connectivity index (χ0v) is 13.0. The van der Waals surface area contributed by atoms with Gasteiger partial charge in [-0.2, -0.15) is 5.26 Å². The summed E-state index contributed by atoms with van der Waals surface area (Å²) in [7, 11) is 1.61. The number of carbonyl (C=O) groups is 2. The van der Waals surface area contributed by atoms with Crippen molar-refractivity contribution in [3.63, 3.8) is 0 Å². The van der Waals surface area contributed by atoms with Crippen LogP contribution in [0.2, 0.25) is 0 Å². The third-order valence-corrected chi connectivity index (χ3v) is 3.08. The minimum Gasteiger partial charge on any atom is -0.385 e. The Balaban J connectivity index is 2.56. The van der Waals surface area contributed by atoms with Crippen LogP contribution < -0.4 is 10.2 Å². The van der Waals surface area contributed by atoms with E-state index in [-0.39, 0.29) is 24.8 Å². The molecule has 0 saturated carbocycles. The van der Waals surface area contributed by atoms with Crippen LogP contribution in [0.1, 0.15) is 25.3 Å². The fraction of sp³-hybridized carbons (Fsp3) is 0.438. The minimum absolute atomic E-state index is 0.112. The van der Waals surface area contributed by atoms with Gasteiger partial charge in [-0.3, -0.25) is 9.59 Å². The first-order valence-corrected chi connectivity index (χ1v) is 7.12. The molecule has 1 rings (SSSR count). The number of amides is 2. The van der Waals surface area contributed by atoms with Gasteiger partial charge in [0.05, 0.1) is 11.6 Å². The van der Waals surface area contributed by atoms with Gasteiger partial charge in [0.1, 0.15) is 0 Å². The van der Waals surface area contributed by atoms with Gasteiger partial charge < -0.3 is 15.0 Å². The van der Waals surface area contributed by atoms with Crippen LogP contribution in [-0.2, 0) is 14.3 Å². The van der Waals surface area contributed by atoms with Gasteiger partial charge in [0.25, 0.3) is 0 Å². The van der Waals surface area contributed by atoms with E-state index in [2.05, 4.69) is 5.32 Å². The van der Waals surface area contributed by atoms with Crippen molar-refractivity contribution in [3.8, 4) is 6.07 Å². The first kappa shape index (κ1) is 17.7. The van der Waals surface area contributed by atoms with E-state index in [1.807, 2.05) is 6.07 Å². The second-order valence-electron chi connectivity index (χ2n) is 4.78. The van der Waals surface area contributed by atoms with Crippen LogP contribution in [0.4, 0.5) is 5.69 Å². The van der Waals surface area contributed by atoms with Crippen LogP contribution in [0.15, 0.2) is 24.3 Å². The summed E-state index contributed by atoms with van der Waals surface area (Å²) in [6.07, 6.45) is 0.965. The van der Waals surface area contributed by atoms with Crippen LogP contribution in [-0.4, -0.2) is 38.6 Å². The minimum atomic E-state index is -0.165. The van der Waals surface area contributed by atoms with Gasteiger partial charge in [0.2, 0.25) is 11.8 Å². The van der Waals surface area contributed by atoms with E-state index in [4.69, 9.17) is 10.00 Å². The van der Waals surface area contributed by atoms with Gasteiger partial charge in [-0.15, -0.1) is 0 Å². The number of nitrogens with zero attached hydrogens (tertiary/aromatic N) is 2. The molecule has 0 bridgehead atoms. The number of anilines is 1. The van der Waals surface area contributed by atoms with Crippen molar-refractivity contribution in [2.45, 2.75) is 19.8 Å². The van der Waals surface area contributed by atoms with Crippen molar-refractivity contribution in [1.82, 2.24) is 5.32 Å². The molecular formula is C16H21N3O3. The summed E-state index contributed by atoms with van der Waals surface area (Å²) in [6, 6.07) is 8.81. The maximum absolute atomic E-state index is 11.8. The van der Waals surface area contributed by atoms with Gasteiger partial charge in [0.15, 0.2) is 0 Å². The summed E-state index contributed by atoms with van der Waals surface area (Å²) < 4.78 is 4.90. The van der Waals surface area contributed by atoms with E-state index in [9.17, 15) is 9.59 Å². The Bertz CT molecular complexity index is 552. The molecule has 1 aromatic carbocycles. The average Bonchev–Trinajstić information content (AvgIpc) is 2.51. The predicted octanol–water partition coefficient (Wildman–Crippen LogP) is 1.45. The van der Waals surface area contributed by atoms with E-state index in [0.29, 0.717) is 24.4 Å². The topological polar surface area (TPSA) is 82.4 Å². The zero-order chi connectivity index (χ0) is 16.4. The first-order valence-electron chi connectivity index (χ1n) is 7.12. The Kier molecular flexibility index (Phi) is 7.65. The fourth-order valence-electron chi connectivity index (χ4n) is 1.96. The monoisotopic (exact) mass is 303 g/mol. The lowest BCUT2D eigenvalue weighted by Gasteiger charge is -2.21. The molecule has 0 atom stereocenters. The standard InChI is InChI=1S/C16H21N3O3/c1-13(20)19(15-6-3-5-14(11-15)12-17)9-7-16(21)18-8-4-10-22-2/h3,5-6,11H,4,7-10H2,1-2H3,(H,18,21). The Hall–Kier alpha value is -2.39. The van der Waals surface area contributed by atoms with E-state index in [1.54, 1.807) is 31.4 Å². The van der Waals surface area contributed by atoms with Crippen LogP contribution in [0, 0.1) is 11.3 Å². The highest BCUT2D eigenvalue weighted by molar-refractivity contribution is 5.92. The van der Waals surface area contributed by atoms with E-state index in [1.165, 1.54) is 11.8 Å². The number of ether oxygens (including phenoxy) is 1. The lowest BCUT2D eigenvalue weighted by atomic mass is 10.2. The summed E-state index contributed by atoms with van der Waals surface area (Å²) in [5, 5.41) is 11.7. The molecule has 0 fully saturated rings. The first-order chi connectivity index (χ1) is 10.6. The lowest BCUT2D eigenvalue weighted by molar-refractivity contribution is -0.121. The average molecular weight is 303 g/mol. The molecule has 1 aromatic rings. The zero-order valence-electron chi connectivity index (χ0n) is 13.0. The number of carbonyl (C=O) groups excluding carboxylic acids is 2. The Morgan fingerprint density at radius 1 is 1.41 bits per heavy atom. The summed E-state index contributed by atoms with van der Waals surface area (Å²) in [5.41, 5.74) is 1.10. The van der Waals surface area contributed by atoms with Crippen LogP contribution in [0.5, 0.6) is 0 Å². The second-order valence-corrected chi connectivity index (χ2v) is 4.78. The smallest absolute Gasteiger partial charge is 0.223 e. The second kappa shape index (κ2) is 9.53. The van der Waals surface area contributed by atoms with E-state index in [0.717, 1.165) is 6.42 Å². The number of methoxy groups -OCH3 is 1. The number of hydrogen-bond donors (Lipinski definition) is 1. The Morgan fingerprint density at radius 3 is 2.82 bits per heavy atom. The third kappa shape index (κ3) is 5.94. The van der Waals surface area contributed by atoms with E-state index >= 15 is 0 Å². The van der Waals surface area contributed by atoms with Crippen LogP contribution >= 0.6 is 0 Å². The quantitative estimate of drug-likeness (QED) is 0.737. The highest BCUT2D eigenvalue weighted by Crippen LogP contribution is 2.16. The van der Waals surface area contributed by atoms with Crippen molar-refractivity contribution >= 4 is 17.5 Å². The largest absolute Gasteiger partial charge is 0.385 e. The molecule has 6 heteroatoms. The van der Waals surface area contributed by atoms with Crippen molar-refractivity contribution in [2.24, 2.45) is 0 Å². The molecule has 0 aliphatic rings. The lowest BCUT2D eigenvalue weighted by Crippen LogP contribution is -2.34. The van der Waals surface area contributed by atoms with E-state index < -0.39 is 0 Å². The van der Waals surface area contributed by atoms with Gasteiger partial charge in [-0.25, -0.2) is 0 Å². The maximum Gasteiger partial charge on any atom is 0.223 e. The summed E-state index contributed by atoms with van der Waals surface area (Å²) in [5.74, 6) is -0.277.